The number of hydrogen-bond acceptors (Lipinski definition) is 4. The molecule has 1 aromatic rings. The topological polar surface area (TPSA) is 58.6 Å². The number of rotatable bonds is 4. The summed E-state index contributed by atoms with van der Waals surface area (Å²) in [6, 6.07) is 1.59. The number of esters is 1. The monoisotopic (exact) mass is 270 g/mol. The van der Waals surface area contributed by atoms with Crippen LogP contribution < -0.4 is 5.32 Å². The molecule has 1 rings (SSSR count). The summed E-state index contributed by atoms with van der Waals surface area (Å²) >= 11 is 1.23. The Morgan fingerprint density at radius 3 is 2.67 bits per heavy atom. The molecule has 0 spiro atoms. The van der Waals surface area contributed by atoms with Crippen molar-refractivity contribution in [3.8, 4) is 0 Å². The van der Waals surface area contributed by atoms with Crippen molar-refractivity contribution in [3.05, 3.63) is 16.5 Å². The van der Waals surface area contributed by atoms with E-state index in [1.165, 1.54) is 11.3 Å². The Balaban J connectivity index is 2.78. The first-order valence-corrected chi connectivity index (χ1v) is 6.60. The van der Waals surface area contributed by atoms with Crippen LogP contribution in [0.2, 0.25) is 0 Å². The molecule has 0 saturated heterocycles. The van der Waals surface area contributed by atoms with Gasteiger partial charge in [0.15, 0.2) is 0 Å². The average molecular weight is 270 g/mol. The summed E-state index contributed by atoms with van der Waals surface area (Å²) in [4.78, 5) is 25.4. The van der Waals surface area contributed by atoms with E-state index in [1.54, 1.807) is 24.9 Å². The summed E-state index contributed by atoms with van der Waals surface area (Å²) in [5.41, 5.74) is 0.813. The molecular weight excluding hydrogens is 252 g/mol. The number of carbonyl (C=O) groups excluding carboxylic acids is 2. The van der Waals surface area contributed by atoms with Crippen molar-refractivity contribution in [2.24, 2.45) is 0 Å². The van der Waals surface area contributed by atoms with Gasteiger partial charge in [-0.1, -0.05) is 0 Å². The molecule has 1 heterocycles. The van der Waals surface area contributed by atoms with Gasteiger partial charge in [0, 0.05) is 13.6 Å². The maximum Gasteiger partial charge on any atom is 0.348 e. The van der Waals surface area contributed by atoms with Gasteiger partial charge in [0.1, 0.15) is 4.88 Å². The van der Waals surface area contributed by atoms with Crippen molar-refractivity contribution in [2.45, 2.75) is 20.8 Å². The fourth-order valence-corrected chi connectivity index (χ4v) is 2.24. The first-order valence-electron chi connectivity index (χ1n) is 5.79. The summed E-state index contributed by atoms with van der Waals surface area (Å²) in [7, 11) is 1.71. The molecule has 1 N–H and O–H groups in total. The van der Waals surface area contributed by atoms with Gasteiger partial charge in [0.2, 0.25) is 0 Å². The van der Waals surface area contributed by atoms with Crippen LogP contribution in [0.3, 0.4) is 0 Å². The molecule has 1 aromatic heterocycles. The fourth-order valence-electron chi connectivity index (χ4n) is 1.29. The van der Waals surface area contributed by atoms with E-state index in [-0.39, 0.29) is 12.0 Å². The van der Waals surface area contributed by atoms with Crippen LogP contribution in [0.4, 0.5) is 9.80 Å². The Morgan fingerprint density at radius 1 is 1.44 bits per heavy atom. The summed E-state index contributed by atoms with van der Waals surface area (Å²) in [5, 5.41) is 3.40. The Hall–Kier alpha value is -1.56. The van der Waals surface area contributed by atoms with Gasteiger partial charge in [-0.05, 0) is 32.4 Å². The summed E-state index contributed by atoms with van der Waals surface area (Å²) in [6.45, 7) is 6.45. The van der Waals surface area contributed by atoms with Crippen molar-refractivity contribution in [1.29, 1.82) is 0 Å². The second kappa shape index (κ2) is 6.39. The van der Waals surface area contributed by atoms with Crippen molar-refractivity contribution >= 4 is 28.3 Å². The molecule has 0 fully saturated rings. The van der Waals surface area contributed by atoms with Gasteiger partial charge in [-0.25, -0.2) is 9.59 Å². The van der Waals surface area contributed by atoms with Crippen molar-refractivity contribution in [3.63, 3.8) is 0 Å². The Labute approximate surface area is 111 Å². The Kier molecular flexibility index (Phi) is 5.15. The lowest BCUT2D eigenvalue weighted by Crippen LogP contribution is -2.30. The third-order valence-corrected chi connectivity index (χ3v) is 3.56. The van der Waals surface area contributed by atoms with Crippen LogP contribution in [-0.4, -0.2) is 37.1 Å². The number of nitrogens with zero attached hydrogens (tertiary/aromatic N) is 1. The van der Waals surface area contributed by atoms with E-state index in [4.69, 9.17) is 4.74 Å². The lowest BCUT2D eigenvalue weighted by Gasteiger charge is -2.14. The highest BCUT2D eigenvalue weighted by atomic mass is 32.1. The number of ether oxygens (including phenoxy) is 1. The van der Waals surface area contributed by atoms with Crippen molar-refractivity contribution in [1.82, 2.24) is 4.90 Å². The van der Waals surface area contributed by atoms with Gasteiger partial charge >= 0.3 is 12.0 Å². The molecule has 0 aliphatic heterocycles. The average Bonchev–Trinajstić information content (AvgIpc) is 2.69. The minimum atomic E-state index is -0.343. The van der Waals surface area contributed by atoms with Crippen molar-refractivity contribution in [2.75, 3.05) is 25.5 Å². The van der Waals surface area contributed by atoms with E-state index in [9.17, 15) is 9.59 Å². The maximum atomic E-state index is 11.7. The van der Waals surface area contributed by atoms with Crippen LogP contribution in [-0.2, 0) is 4.74 Å². The first-order chi connectivity index (χ1) is 8.49. The Morgan fingerprint density at radius 2 is 2.11 bits per heavy atom. The number of thiophene rings is 1. The second-order valence-electron chi connectivity index (χ2n) is 3.79. The van der Waals surface area contributed by atoms with Gasteiger partial charge < -0.3 is 9.64 Å². The van der Waals surface area contributed by atoms with Crippen LogP contribution in [0.15, 0.2) is 6.07 Å². The molecule has 18 heavy (non-hydrogen) atoms. The lowest BCUT2D eigenvalue weighted by molar-refractivity contribution is 0.0531. The molecular formula is C12H18N2O3S. The molecule has 0 aromatic carbocycles. The molecule has 5 nitrogen and oxygen atoms in total. The van der Waals surface area contributed by atoms with E-state index >= 15 is 0 Å². The minimum absolute atomic E-state index is 0.186. The van der Waals surface area contributed by atoms with Crippen molar-refractivity contribution < 1.29 is 14.3 Å². The van der Waals surface area contributed by atoms with Gasteiger partial charge in [0.05, 0.1) is 11.6 Å². The van der Waals surface area contributed by atoms with Crippen LogP contribution in [0.25, 0.3) is 0 Å². The highest BCUT2D eigenvalue weighted by Crippen LogP contribution is 2.27. The molecule has 0 bridgehead atoms. The number of carbonyl (C=O) groups is 2. The largest absolute Gasteiger partial charge is 0.462 e. The summed E-state index contributed by atoms with van der Waals surface area (Å²) in [6.07, 6.45) is 0. The third-order valence-electron chi connectivity index (χ3n) is 2.43. The van der Waals surface area contributed by atoms with Crippen LogP contribution in [0, 0.1) is 6.92 Å². The van der Waals surface area contributed by atoms with E-state index in [1.807, 2.05) is 13.8 Å². The van der Waals surface area contributed by atoms with Crippen LogP contribution in [0.5, 0.6) is 0 Å². The first kappa shape index (κ1) is 14.5. The number of anilines is 1. The normalized spacial score (nSPS) is 10.0. The molecule has 0 aliphatic carbocycles. The molecule has 100 valence electrons. The predicted molar refractivity (Wildman–Crippen MR) is 72.3 cm³/mol. The number of urea groups is 1. The molecule has 6 heteroatoms. The molecule has 0 atom stereocenters. The molecule has 0 saturated carbocycles. The van der Waals surface area contributed by atoms with Crippen LogP contribution >= 0.6 is 11.3 Å². The zero-order valence-corrected chi connectivity index (χ0v) is 11.9. The molecule has 0 unspecified atom stereocenters. The van der Waals surface area contributed by atoms with Gasteiger partial charge in [-0.3, -0.25) is 5.32 Å². The minimum Gasteiger partial charge on any atom is -0.462 e. The molecule has 0 radical (unpaired) electrons. The maximum absolute atomic E-state index is 11.7. The zero-order chi connectivity index (χ0) is 13.7. The lowest BCUT2D eigenvalue weighted by atomic mass is 10.3. The smallest absolute Gasteiger partial charge is 0.348 e. The third kappa shape index (κ3) is 3.46. The highest BCUT2D eigenvalue weighted by Gasteiger charge is 2.16. The van der Waals surface area contributed by atoms with E-state index in [0.717, 1.165) is 5.56 Å². The SMILES string of the molecule is CCOC(=O)c1sc(NC(=O)N(C)CC)cc1C. The molecule has 2 amide bonds. The number of hydrogen-bond donors (Lipinski definition) is 1. The van der Waals surface area contributed by atoms with Gasteiger partial charge in [-0.2, -0.15) is 0 Å². The highest BCUT2D eigenvalue weighted by molar-refractivity contribution is 7.18. The number of amides is 2. The second-order valence-corrected chi connectivity index (χ2v) is 4.84. The summed E-state index contributed by atoms with van der Waals surface area (Å²) in [5.74, 6) is -0.343. The van der Waals surface area contributed by atoms with Gasteiger partial charge in [-0.15, -0.1) is 11.3 Å². The zero-order valence-electron chi connectivity index (χ0n) is 11.1. The predicted octanol–water partition coefficient (Wildman–Crippen LogP) is 2.72. The number of nitrogens with one attached hydrogen (secondary N) is 1. The van der Waals surface area contributed by atoms with E-state index < -0.39 is 0 Å². The van der Waals surface area contributed by atoms with E-state index in [0.29, 0.717) is 23.0 Å². The summed E-state index contributed by atoms with van der Waals surface area (Å²) < 4.78 is 4.94. The number of aryl methyl sites for hydroxylation is 1. The molecule has 0 aliphatic rings. The van der Waals surface area contributed by atoms with E-state index in [2.05, 4.69) is 5.32 Å². The quantitative estimate of drug-likeness (QED) is 0.856. The van der Waals surface area contributed by atoms with Gasteiger partial charge in [0.25, 0.3) is 0 Å². The Bertz CT molecular complexity index is 443. The standard InChI is InChI=1S/C12H18N2O3S/c1-5-14(4)12(16)13-9-7-8(3)10(18-9)11(15)17-6-2/h7H,5-6H2,1-4H3,(H,13,16). The van der Waals surface area contributed by atoms with Crippen LogP contribution in [0.1, 0.15) is 29.1 Å². The fraction of sp³-hybridized carbons (Fsp3) is 0.500.